The van der Waals surface area contributed by atoms with Gasteiger partial charge in [-0.05, 0) is 19.3 Å². The number of aryl methyl sites for hydroxylation is 1. The second-order valence-electron chi connectivity index (χ2n) is 6.49. The molecule has 1 unspecified atom stereocenters. The standard InChI is InChI=1S/C17H24N6O2/c24-16(3-1-8-22-10-7-19-14-22)21-12-17(25)4-2-9-23(13-17)15-11-18-5-6-20-15/h5-7,10-11,14,25H,1-4,8-9,12-13H2,(H,21,24). The summed E-state index contributed by atoms with van der Waals surface area (Å²) in [6.07, 6.45) is 13.0. The molecule has 2 N–H and O–H groups in total. The van der Waals surface area contributed by atoms with Gasteiger partial charge in [0, 0.05) is 57.4 Å². The number of anilines is 1. The second-order valence-corrected chi connectivity index (χ2v) is 6.49. The maximum Gasteiger partial charge on any atom is 0.220 e. The van der Waals surface area contributed by atoms with E-state index in [1.54, 1.807) is 31.1 Å². The molecule has 0 aromatic carbocycles. The molecule has 0 saturated carbocycles. The third-order valence-electron chi connectivity index (χ3n) is 4.42. The zero-order valence-corrected chi connectivity index (χ0v) is 14.2. The SMILES string of the molecule is O=C(CCCn1ccnc1)NCC1(O)CCCN(c2cnccn2)C1. The molecule has 25 heavy (non-hydrogen) atoms. The number of β-amino-alcohol motifs (C(OH)–C–C–N with tert-alkyl or cyclic N) is 1. The summed E-state index contributed by atoms with van der Waals surface area (Å²) in [5.41, 5.74) is -0.935. The summed E-state index contributed by atoms with van der Waals surface area (Å²) in [6.45, 7) is 2.30. The Morgan fingerprint density at radius 2 is 2.24 bits per heavy atom. The highest BCUT2D eigenvalue weighted by Crippen LogP contribution is 2.23. The quantitative estimate of drug-likeness (QED) is 0.764. The zero-order chi connectivity index (χ0) is 17.5. The number of piperidine rings is 1. The van der Waals surface area contributed by atoms with E-state index in [9.17, 15) is 9.90 Å². The summed E-state index contributed by atoms with van der Waals surface area (Å²) in [4.78, 5) is 26.4. The number of carbonyl (C=O) groups is 1. The van der Waals surface area contributed by atoms with E-state index < -0.39 is 5.60 Å². The molecule has 2 aromatic heterocycles. The molecule has 1 amide bonds. The number of aliphatic hydroxyl groups is 1. The van der Waals surface area contributed by atoms with Gasteiger partial charge < -0.3 is 19.9 Å². The molecule has 3 heterocycles. The fraction of sp³-hybridized carbons (Fsp3) is 0.529. The number of amides is 1. The smallest absolute Gasteiger partial charge is 0.220 e. The van der Waals surface area contributed by atoms with Gasteiger partial charge in [-0.1, -0.05) is 0 Å². The minimum atomic E-state index is -0.935. The molecule has 1 fully saturated rings. The third kappa shape index (κ3) is 4.99. The highest BCUT2D eigenvalue weighted by Gasteiger charge is 2.34. The number of hydrogen-bond acceptors (Lipinski definition) is 6. The molecule has 8 heteroatoms. The number of hydrogen-bond donors (Lipinski definition) is 2. The van der Waals surface area contributed by atoms with Crippen LogP contribution < -0.4 is 10.2 Å². The van der Waals surface area contributed by atoms with Gasteiger partial charge in [0.2, 0.25) is 5.91 Å². The van der Waals surface area contributed by atoms with Crippen LogP contribution in [0.3, 0.4) is 0 Å². The second kappa shape index (κ2) is 8.06. The normalized spacial score (nSPS) is 20.4. The van der Waals surface area contributed by atoms with E-state index in [-0.39, 0.29) is 12.5 Å². The Balaban J connectivity index is 1.44. The van der Waals surface area contributed by atoms with Crippen molar-refractivity contribution < 1.29 is 9.90 Å². The van der Waals surface area contributed by atoms with E-state index in [1.807, 2.05) is 15.7 Å². The van der Waals surface area contributed by atoms with Crippen LogP contribution in [-0.2, 0) is 11.3 Å². The van der Waals surface area contributed by atoms with Crippen molar-refractivity contribution in [1.82, 2.24) is 24.8 Å². The summed E-state index contributed by atoms with van der Waals surface area (Å²) < 4.78 is 1.95. The number of carbonyl (C=O) groups excluding carboxylic acids is 1. The molecule has 1 saturated heterocycles. The number of nitrogens with zero attached hydrogens (tertiary/aromatic N) is 5. The van der Waals surface area contributed by atoms with E-state index in [0.717, 1.165) is 31.7 Å². The molecule has 8 nitrogen and oxygen atoms in total. The lowest BCUT2D eigenvalue weighted by atomic mass is 9.92. The lowest BCUT2D eigenvalue weighted by Gasteiger charge is -2.39. The Hall–Kier alpha value is -2.48. The zero-order valence-electron chi connectivity index (χ0n) is 14.2. The molecule has 134 valence electrons. The molecule has 0 aliphatic carbocycles. The Morgan fingerprint density at radius 3 is 3.00 bits per heavy atom. The van der Waals surface area contributed by atoms with Crippen LogP contribution in [0.15, 0.2) is 37.3 Å². The monoisotopic (exact) mass is 344 g/mol. The van der Waals surface area contributed by atoms with Gasteiger partial charge in [0.15, 0.2) is 0 Å². The van der Waals surface area contributed by atoms with Crippen molar-refractivity contribution in [3.8, 4) is 0 Å². The molecule has 2 aromatic rings. The van der Waals surface area contributed by atoms with Gasteiger partial charge in [-0.25, -0.2) is 9.97 Å². The van der Waals surface area contributed by atoms with Crippen molar-refractivity contribution in [3.05, 3.63) is 37.3 Å². The highest BCUT2D eigenvalue weighted by molar-refractivity contribution is 5.75. The van der Waals surface area contributed by atoms with Gasteiger partial charge in [0.05, 0.1) is 18.1 Å². The Kier molecular flexibility index (Phi) is 5.60. The minimum Gasteiger partial charge on any atom is -0.386 e. The van der Waals surface area contributed by atoms with Crippen LogP contribution in [0, 0.1) is 0 Å². The Labute approximate surface area is 146 Å². The summed E-state index contributed by atoms with van der Waals surface area (Å²) in [5, 5.41) is 13.7. The first-order valence-electron chi connectivity index (χ1n) is 8.60. The first-order valence-corrected chi connectivity index (χ1v) is 8.60. The van der Waals surface area contributed by atoms with Crippen LogP contribution in [0.1, 0.15) is 25.7 Å². The predicted octanol–water partition coefficient (Wildman–Crippen LogP) is 0.601. The molecular formula is C17H24N6O2. The summed E-state index contributed by atoms with van der Waals surface area (Å²) >= 11 is 0. The maximum absolute atomic E-state index is 12.0. The number of rotatable bonds is 7. The van der Waals surface area contributed by atoms with Crippen LogP contribution in [0.4, 0.5) is 5.82 Å². The Morgan fingerprint density at radius 1 is 1.32 bits per heavy atom. The van der Waals surface area contributed by atoms with E-state index in [4.69, 9.17) is 0 Å². The van der Waals surface area contributed by atoms with Crippen LogP contribution in [0.25, 0.3) is 0 Å². The molecule has 0 spiro atoms. The van der Waals surface area contributed by atoms with Crippen molar-refractivity contribution in [2.75, 3.05) is 24.5 Å². The fourth-order valence-corrected chi connectivity index (χ4v) is 3.10. The summed E-state index contributed by atoms with van der Waals surface area (Å²) in [6, 6.07) is 0. The van der Waals surface area contributed by atoms with Crippen molar-refractivity contribution >= 4 is 11.7 Å². The topological polar surface area (TPSA) is 96.2 Å². The highest BCUT2D eigenvalue weighted by atomic mass is 16.3. The number of imidazole rings is 1. The van der Waals surface area contributed by atoms with Gasteiger partial charge in [-0.2, -0.15) is 0 Å². The predicted molar refractivity (Wildman–Crippen MR) is 92.9 cm³/mol. The molecule has 1 aliphatic heterocycles. The van der Waals surface area contributed by atoms with Crippen molar-refractivity contribution in [2.45, 2.75) is 37.8 Å². The molecule has 0 bridgehead atoms. The van der Waals surface area contributed by atoms with Gasteiger partial charge in [-0.3, -0.25) is 9.78 Å². The van der Waals surface area contributed by atoms with Gasteiger partial charge in [-0.15, -0.1) is 0 Å². The lowest BCUT2D eigenvalue weighted by molar-refractivity contribution is -0.122. The van der Waals surface area contributed by atoms with E-state index in [2.05, 4.69) is 20.3 Å². The largest absolute Gasteiger partial charge is 0.386 e. The van der Waals surface area contributed by atoms with E-state index in [1.165, 1.54) is 0 Å². The van der Waals surface area contributed by atoms with Crippen molar-refractivity contribution in [2.24, 2.45) is 0 Å². The first kappa shape index (κ1) is 17.3. The molecule has 1 aliphatic rings. The van der Waals surface area contributed by atoms with Crippen LogP contribution in [-0.4, -0.2) is 55.8 Å². The summed E-state index contributed by atoms with van der Waals surface area (Å²) in [5.74, 6) is 0.720. The van der Waals surface area contributed by atoms with E-state index >= 15 is 0 Å². The Bertz CT molecular complexity index is 663. The maximum atomic E-state index is 12.0. The average molecular weight is 344 g/mol. The molecule has 0 radical (unpaired) electrons. The number of aromatic nitrogens is 4. The lowest BCUT2D eigenvalue weighted by Crippen LogP contribution is -2.54. The van der Waals surface area contributed by atoms with E-state index in [0.29, 0.717) is 19.4 Å². The van der Waals surface area contributed by atoms with Gasteiger partial charge >= 0.3 is 0 Å². The summed E-state index contributed by atoms with van der Waals surface area (Å²) in [7, 11) is 0. The minimum absolute atomic E-state index is 0.0369. The van der Waals surface area contributed by atoms with Crippen molar-refractivity contribution in [1.29, 1.82) is 0 Å². The average Bonchev–Trinajstić information content (AvgIpc) is 3.14. The first-order chi connectivity index (χ1) is 12.1. The third-order valence-corrected chi connectivity index (χ3v) is 4.42. The fourth-order valence-electron chi connectivity index (χ4n) is 3.10. The molecule has 1 atom stereocenters. The van der Waals surface area contributed by atoms with Crippen molar-refractivity contribution in [3.63, 3.8) is 0 Å². The molecular weight excluding hydrogens is 320 g/mol. The number of nitrogens with one attached hydrogen (secondary N) is 1. The van der Waals surface area contributed by atoms with Gasteiger partial charge in [0.1, 0.15) is 5.82 Å². The molecule has 3 rings (SSSR count). The van der Waals surface area contributed by atoms with Gasteiger partial charge in [0.25, 0.3) is 0 Å². The van der Waals surface area contributed by atoms with Crippen LogP contribution in [0.5, 0.6) is 0 Å². The van der Waals surface area contributed by atoms with Crippen LogP contribution in [0.2, 0.25) is 0 Å². The van der Waals surface area contributed by atoms with Crippen LogP contribution >= 0.6 is 0 Å².